The normalized spacial score (nSPS) is 12.3. The molecule has 0 aromatic carbocycles. The molecule has 0 radical (unpaired) electrons. The molecule has 0 saturated carbocycles. The lowest BCUT2D eigenvalue weighted by Gasteiger charge is -2.22. The van der Waals surface area contributed by atoms with Crippen LogP contribution in [0.1, 0.15) is 34.1 Å². The zero-order valence-corrected chi connectivity index (χ0v) is 10.5. The van der Waals surface area contributed by atoms with E-state index in [4.69, 9.17) is 9.16 Å². The molecule has 78 valence electrons. The number of rotatable bonds is 6. The van der Waals surface area contributed by atoms with Crippen LogP contribution >= 0.6 is 0 Å². The molecule has 0 rings (SSSR count). The lowest BCUT2D eigenvalue weighted by atomic mass is 10.1. The van der Waals surface area contributed by atoms with E-state index in [0.717, 1.165) is 13.0 Å². The standard InChI is InChI=1S/C9H20O3Si/c1-5-12-13-9(3,4)6-7-11-8(2)10/h5-7,13H2,1-4H3. The van der Waals surface area contributed by atoms with Crippen LogP contribution in [0.15, 0.2) is 0 Å². The molecule has 0 aromatic heterocycles. The van der Waals surface area contributed by atoms with Crippen LogP contribution in [0, 0.1) is 0 Å². The maximum Gasteiger partial charge on any atom is 0.302 e. The number of carbonyl (C=O) groups is 1. The lowest BCUT2D eigenvalue weighted by Crippen LogP contribution is -2.19. The maximum atomic E-state index is 10.5. The first-order valence-electron chi connectivity index (χ1n) is 4.69. The van der Waals surface area contributed by atoms with Gasteiger partial charge in [-0.05, 0) is 18.4 Å². The average molecular weight is 204 g/mol. The molecule has 0 unspecified atom stereocenters. The zero-order chi connectivity index (χ0) is 10.3. The summed E-state index contributed by atoms with van der Waals surface area (Å²) in [6, 6.07) is 0. The summed E-state index contributed by atoms with van der Waals surface area (Å²) in [7, 11) is -0.497. The third-order valence-corrected chi connectivity index (χ3v) is 3.53. The van der Waals surface area contributed by atoms with Crippen molar-refractivity contribution < 1.29 is 14.0 Å². The highest BCUT2D eigenvalue weighted by Gasteiger charge is 2.19. The largest absolute Gasteiger partial charge is 0.466 e. The van der Waals surface area contributed by atoms with E-state index in [2.05, 4.69) is 13.8 Å². The summed E-state index contributed by atoms with van der Waals surface area (Å²) in [5, 5.41) is 0.228. The van der Waals surface area contributed by atoms with Gasteiger partial charge in [-0.25, -0.2) is 0 Å². The Morgan fingerprint density at radius 1 is 1.46 bits per heavy atom. The maximum absolute atomic E-state index is 10.5. The van der Waals surface area contributed by atoms with Gasteiger partial charge in [-0.1, -0.05) is 13.8 Å². The Morgan fingerprint density at radius 2 is 2.08 bits per heavy atom. The fraction of sp³-hybridized carbons (Fsp3) is 0.889. The molecule has 3 nitrogen and oxygen atoms in total. The van der Waals surface area contributed by atoms with Crippen molar-refractivity contribution in [2.45, 2.75) is 39.2 Å². The summed E-state index contributed by atoms with van der Waals surface area (Å²) < 4.78 is 10.3. The molecule has 0 aromatic rings. The third-order valence-electron chi connectivity index (χ3n) is 1.78. The lowest BCUT2D eigenvalue weighted by molar-refractivity contribution is -0.141. The van der Waals surface area contributed by atoms with Gasteiger partial charge >= 0.3 is 5.97 Å². The first-order chi connectivity index (χ1) is 5.98. The van der Waals surface area contributed by atoms with E-state index < -0.39 is 9.76 Å². The molecule has 0 bridgehead atoms. The molecule has 0 N–H and O–H groups in total. The van der Waals surface area contributed by atoms with Gasteiger partial charge in [0.25, 0.3) is 0 Å². The molecule has 0 aliphatic rings. The van der Waals surface area contributed by atoms with Crippen molar-refractivity contribution in [2.24, 2.45) is 0 Å². The molecule has 0 amide bonds. The second kappa shape index (κ2) is 6.15. The van der Waals surface area contributed by atoms with Gasteiger partial charge < -0.3 is 9.16 Å². The Hall–Kier alpha value is -0.353. The molecule has 0 saturated heterocycles. The predicted molar refractivity (Wildman–Crippen MR) is 55.5 cm³/mol. The van der Waals surface area contributed by atoms with Gasteiger partial charge in [0.15, 0.2) is 9.76 Å². The Morgan fingerprint density at radius 3 is 2.54 bits per heavy atom. The van der Waals surface area contributed by atoms with Gasteiger partial charge in [-0.2, -0.15) is 0 Å². The smallest absolute Gasteiger partial charge is 0.302 e. The highest BCUT2D eigenvalue weighted by molar-refractivity contribution is 6.31. The SMILES string of the molecule is CCO[SiH2]C(C)(C)CCOC(C)=O. The monoisotopic (exact) mass is 204 g/mol. The molecule has 0 heterocycles. The molecule has 4 heteroatoms. The molecule has 0 aliphatic carbocycles. The molecular formula is C9H20O3Si. The van der Waals surface area contributed by atoms with Crippen LogP contribution in [0.3, 0.4) is 0 Å². The third kappa shape index (κ3) is 7.99. The number of esters is 1. The van der Waals surface area contributed by atoms with Gasteiger partial charge in [-0.15, -0.1) is 0 Å². The van der Waals surface area contributed by atoms with Gasteiger partial charge in [-0.3, -0.25) is 4.79 Å². The van der Waals surface area contributed by atoms with Gasteiger partial charge in [0.2, 0.25) is 0 Å². The fourth-order valence-corrected chi connectivity index (χ4v) is 1.97. The van der Waals surface area contributed by atoms with Crippen molar-refractivity contribution in [3.63, 3.8) is 0 Å². The second-order valence-electron chi connectivity index (χ2n) is 3.89. The van der Waals surface area contributed by atoms with Gasteiger partial charge in [0.1, 0.15) is 0 Å². The number of carbonyl (C=O) groups excluding carboxylic acids is 1. The van der Waals surface area contributed by atoms with E-state index in [1.165, 1.54) is 6.92 Å². The van der Waals surface area contributed by atoms with Crippen LogP contribution < -0.4 is 0 Å². The molecule has 0 aliphatic heterocycles. The van der Waals surface area contributed by atoms with E-state index in [-0.39, 0.29) is 11.0 Å². The van der Waals surface area contributed by atoms with E-state index in [1.807, 2.05) is 6.92 Å². The van der Waals surface area contributed by atoms with Crippen LogP contribution in [0.4, 0.5) is 0 Å². The van der Waals surface area contributed by atoms with Gasteiger partial charge in [0.05, 0.1) is 6.61 Å². The number of hydrogen-bond donors (Lipinski definition) is 0. The zero-order valence-electron chi connectivity index (χ0n) is 9.05. The van der Waals surface area contributed by atoms with Crippen LogP contribution in [-0.4, -0.2) is 28.9 Å². The number of ether oxygens (including phenoxy) is 1. The van der Waals surface area contributed by atoms with Crippen molar-refractivity contribution in [2.75, 3.05) is 13.2 Å². The minimum Gasteiger partial charge on any atom is -0.466 e. The van der Waals surface area contributed by atoms with Crippen molar-refractivity contribution in [3.8, 4) is 0 Å². The van der Waals surface area contributed by atoms with Crippen LogP contribution in [0.5, 0.6) is 0 Å². The first kappa shape index (κ1) is 12.6. The van der Waals surface area contributed by atoms with E-state index in [0.29, 0.717) is 6.61 Å². The first-order valence-corrected chi connectivity index (χ1v) is 5.97. The predicted octanol–water partition coefficient (Wildman–Crippen LogP) is 1.26. The van der Waals surface area contributed by atoms with Crippen LogP contribution in [0.2, 0.25) is 5.04 Å². The molecule has 0 spiro atoms. The van der Waals surface area contributed by atoms with E-state index in [9.17, 15) is 4.79 Å². The Labute approximate surface area is 82.7 Å². The Bertz CT molecular complexity index is 157. The van der Waals surface area contributed by atoms with Crippen molar-refractivity contribution in [1.82, 2.24) is 0 Å². The molecular weight excluding hydrogens is 184 g/mol. The van der Waals surface area contributed by atoms with Crippen molar-refractivity contribution in [3.05, 3.63) is 0 Å². The van der Waals surface area contributed by atoms with Crippen LogP contribution in [0.25, 0.3) is 0 Å². The van der Waals surface area contributed by atoms with Crippen molar-refractivity contribution >= 4 is 15.7 Å². The summed E-state index contributed by atoms with van der Waals surface area (Å²) in [6.45, 7) is 9.09. The summed E-state index contributed by atoms with van der Waals surface area (Å²) in [5.74, 6) is -0.200. The second-order valence-corrected chi connectivity index (χ2v) is 6.50. The highest BCUT2D eigenvalue weighted by atomic mass is 28.2. The summed E-state index contributed by atoms with van der Waals surface area (Å²) in [6.07, 6.45) is 0.902. The van der Waals surface area contributed by atoms with E-state index >= 15 is 0 Å². The Balaban J connectivity index is 3.56. The van der Waals surface area contributed by atoms with E-state index in [1.54, 1.807) is 0 Å². The summed E-state index contributed by atoms with van der Waals surface area (Å²) in [4.78, 5) is 10.5. The minimum absolute atomic E-state index is 0.200. The van der Waals surface area contributed by atoms with Crippen LogP contribution in [-0.2, 0) is 14.0 Å². The fourth-order valence-electron chi connectivity index (χ4n) is 0.922. The topological polar surface area (TPSA) is 35.5 Å². The van der Waals surface area contributed by atoms with Crippen molar-refractivity contribution in [1.29, 1.82) is 0 Å². The number of hydrogen-bond acceptors (Lipinski definition) is 3. The average Bonchev–Trinajstić information content (AvgIpc) is 2.00. The highest BCUT2D eigenvalue weighted by Crippen LogP contribution is 2.27. The van der Waals surface area contributed by atoms with Gasteiger partial charge in [0, 0.05) is 13.5 Å². The summed E-state index contributed by atoms with van der Waals surface area (Å²) in [5.41, 5.74) is 0. The Kier molecular flexibility index (Phi) is 5.99. The minimum atomic E-state index is -0.497. The molecule has 13 heavy (non-hydrogen) atoms. The molecule has 0 atom stereocenters. The molecule has 0 fully saturated rings. The quantitative estimate of drug-likeness (QED) is 0.482. The summed E-state index contributed by atoms with van der Waals surface area (Å²) >= 11 is 0.